The van der Waals surface area contributed by atoms with Gasteiger partial charge in [0, 0.05) is 28.2 Å². The van der Waals surface area contributed by atoms with Crippen LogP contribution in [0.5, 0.6) is 0 Å². The molecule has 0 saturated heterocycles. The molecule has 1 N–H and O–H groups in total. The van der Waals surface area contributed by atoms with Crippen LogP contribution in [0.25, 0.3) is 0 Å². The van der Waals surface area contributed by atoms with E-state index in [0.717, 1.165) is 18.5 Å². The number of rotatable bonds is 5. The average molecular weight is 310 g/mol. The van der Waals surface area contributed by atoms with Crippen molar-refractivity contribution in [1.29, 1.82) is 0 Å². The average Bonchev–Trinajstić information content (AvgIpc) is 2.36. The van der Waals surface area contributed by atoms with Gasteiger partial charge in [0.15, 0.2) is 0 Å². The highest BCUT2D eigenvalue weighted by Gasteiger charge is 2.37. The first-order valence-electron chi connectivity index (χ1n) is 7.17. The molecule has 21 heavy (non-hydrogen) atoms. The zero-order valence-electron chi connectivity index (χ0n) is 13.0. The lowest BCUT2D eigenvalue weighted by molar-refractivity contribution is -0.138. The number of hydrogen-bond donors (Lipinski definition) is 1. The highest BCUT2D eigenvalue weighted by atomic mass is 32.2. The summed E-state index contributed by atoms with van der Waals surface area (Å²) in [5, 5.41) is 9.26. The number of thioether (sulfide) groups is 1. The van der Waals surface area contributed by atoms with Crippen LogP contribution in [-0.2, 0) is 11.3 Å². The van der Waals surface area contributed by atoms with Crippen molar-refractivity contribution in [1.82, 2.24) is 9.55 Å². The monoisotopic (exact) mass is 310 g/mol. The summed E-state index contributed by atoms with van der Waals surface area (Å²) in [6, 6.07) is 0. The van der Waals surface area contributed by atoms with Crippen molar-refractivity contribution in [2.45, 2.75) is 57.2 Å². The lowest BCUT2D eigenvalue weighted by atomic mass is 9.84. The highest BCUT2D eigenvalue weighted by molar-refractivity contribution is 8.00. The summed E-state index contributed by atoms with van der Waals surface area (Å²) >= 11 is 1.79. The fourth-order valence-electron chi connectivity index (χ4n) is 3.04. The summed E-state index contributed by atoms with van der Waals surface area (Å²) in [4.78, 5) is 27.6. The van der Waals surface area contributed by atoms with E-state index in [4.69, 9.17) is 0 Å². The van der Waals surface area contributed by atoms with Gasteiger partial charge in [0.25, 0.3) is 0 Å². The molecule has 0 aliphatic heterocycles. The van der Waals surface area contributed by atoms with E-state index < -0.39 is 11.9 Å². The molecule has 5 nitrogen and oxygen atoms in total. The standard InChI is InChI=1S/C15H22N2O3S/c1-9(13(18)19)12-10(2)16-14(20)17(11(12)3)8-15(21-4)6-5-7-15/h9H,5-8H2,1-4H3,(H,18,19). The molecule has 1 aromatic rings. The van der Waals surface area contributed by atoms with Gasteiger partial charge in [0.1, 0.15) is 0 Å². The Balaban J connectivity index is 2.49. The van der Waals surface area contributed by atoms with Gasteiger partial charge in [-0.1, -0.05) is 6.42 Å². The largest absolute Gasteiger partial charge is 0.481 e. The second kappa shape index (κ2) is 5.83. The number of aryl methyl sites for hydroxylation is 1. The first-order valence-corrected chi connectivity index (χ1v) is 8.39. The zero-order valence-corrected chi connectivity index (χ0v) is 13.8. The van der Waals surface area contributed by atoms with Crippen LogP contribution in [0.4, 0.5) is 0 Å². The van der Waals surface area contributed by atoms with Crippen LogP contribution >= 0.6 is 11.8 Å². The Morgan fingerprint density at radius 3 is 2.52 bits per heavy atom. The van der Waals surface area contributed by atoms with Gasteiger partial charge in [-0.05, 0) is 39.9 Å². The van der Waals surface area contributed by atoms with Crippen LogP contribution in [-0.4, -0.2) is 31.6 Å². The first-order chi connectivity index (χ1) is 9.81. The van der Waals surface area contributed by atoms with Crippen molar-refractivity contribution in [2.75, 3.05) is 6.26 Å². The molecule has 0 spiro atoms. The van der Waals surface area contributed by atoms with Crippen LogP contribution in [0.1, 0.15) is 49.1 Å². The summed E-state index contributed by atoms with van der Waals surface area (Å²) in [5.41, 5.74) is 1.66. The third kappa shape index (κ3) is 2.86. The van der Waals surface area contributed by atoms with Gasteiger partial charge in [-0.3, -0.25) is 9.36 Å². The van der Waals surface area contributed by atoms with Gasteiger partial charge in [0.2, 0.25) is 0 Å². The number of carbonyl (C=O) groups is 1. The molecule has 1 heterocycles. The molecule has 0 radical (unpaired) electrons. The van der Waals surface area contributed by atoms with Crippen LogP contribution in [0.2, 0.25) is 0 Å². The zero-order chi connectivity index (χ0) is 15.8. The summed E-state index contributed by atoms with van der Waals surface area (Å²) in [6.07, 6.45) is 5.45. The quantitative estimate of drug-likeness (QED) is 0.903. The Hall–Kier alpha value is -1.30. The lowest BCUT2D eigenvalue weighted by Gasteiger charge is -2.41. The van der Waals surface area contributed by atoms with Crippen LogP contribution in [0, 0.1) is 13.8 Å². The Bertz CT molecular complexity index is 615. The molecule has 1 aliphatic rings. The SMILES string of the molecule is CSC1(Cn2c(C)c(C(C)C(=O)O)c(C)nc2=O)CCC1. The molecule has 116 valence electrons. The maximum atomic E-state index is 12.2. The molecule has 0 amide bonds. The van der Waals surface area contributed by atoms with Gasteiger partial charge < -0.3 is 5.11 Å². The van der Waals surface area contributed by atoms with E-state index >= 15 is 0 Å². The number of aromatic nitrogens is 2. The lowest BCUT2D eigenvalue weighted by Crippen LogP contribution is -2.42. The fourth-order valence-corrected chi connectivity index (χ4v) is 3.99. The number of nitrogens with zero attached hydrogens (tertiary/aromatic N) is 2. The van der Waals surface area contributed by atoms with E-state index in [-0.39, 0.29) is 10.4 Å². The molecule has 1 aliphatic carbocycles. The highest BCUT2D eigenvalue weighted by Crippen LogP contribution is 2.44. The van der Waals surface area contributed by atoms with Crippen LogP contribution in [0.3, 0.4) is 0 Å². The van der Waals surface area contributed by atoms with Crippen molar-refractivity contribution in [3.05, 3.63) is 27.4 Å². The van der Waals surface area contributed by atoms with Gasteiger partial charge in [-0.2, -0.15) is 16.7 Å². The molecule has 1 atom stereocenters. The third-order valence-corrected chi connectivity index (χ3v) is 6.03. The Kier molecular flexibility index (Phi) is 4.46. The van der Waals surface area contributed by atoms with Crippen molar-refractivity contribution >= 4 is 17.7 Å². The fraction of sp³-hybridized carbons (Fsp3) is 0.667. The van der Waals surface area contributed by atoms with Crippen molar-refractivity contribution in [3.63, 3.8) is 0 Å². The smallest absolute Gasteiger partial charge is 0.348 e. The second-order valence-electron chi connectivity index (χ2n) is 5.87. The van der Waals surface area contributed by atoms with Crippen molar-refractivity contribution < 1.29 is 9.90 Å². The van der Waals surface area contributed by atoms with Crippen LogP contribution in [0.15, 0.2) is 4.79 Å². The molecule has 1 fully saturated rings. The van der Waals surface area contributed by atoms with Crippen LogP contribution < -0.4 is 5.69 Å². The number of hydrogen-bond acceptors (Lipinski definition) is 4. The first kappa shape index (κ1) is 16.1. The maximum absolute atomic E-state index is 12.2. The summed E-state index contributed by atoms with van der Waals surface area (Å²) in [7, 11) is 0. The molecule has 2 rings (SSSR count). The van der Waals surface area contributed by atoms with E-state index in [1.165, 1.54) is 6.42 Å². The summed E-state index contributed by atoms with van der Waals surface area (Å²) in [6.45, 7) is 5.80. The number of carboxylic acids is 1. The topological polar surface area (TPSA) is 72.2 Å². The minimum absolute atomic E-state index is 0.106. The molecule has 0 aromatic carbocycles. The molecule has 1 saturated carbocycles. The predicted octanol–water partition coefficient (Wildman–Crippen LogP) is 2.33. The van der Waals surface area contributed by atoms with E-state index in [1.54, 1.807) is 30.2 Å². The van der Waals surface area contributed by atoms with Gasteiger partial charge in [0.05, 0.1) is 5.92 Å². The van der Waals surface area contributed by atoms with Gasteiger partial charge >= 0.3 is 11.7 Å². The van der Waals surface area contributed by atoms with Crippen molar-refractivity contribution in [2.24, 2.45) is 0 Å². The Morgan fingerprint density at radius 1 is 1.48 bits per heavy atom. The second-order valence-corrected chi connectivity index (χ2v) is 7.14. The summed E-state index contributed by atoms with van der Waals surface area (Å²) < 4.78 is 1.77. The normalized spacial score (nSPS) is 18.1. The number of aliphatic carboxylic acids is 1. The molecule has 1 unspecified atom stereocenters. The maximum Gasteiger partial charge on any atom is 0.348 e. The molecule has 1 aromatic heterocycles. The van der Waals surface area contributed by atoms with E-state index in [0.29, 0.717) is 17.8 Å². The molecule has 6 heteroatoms. The molecule has 0 bridgehead atoms. The van der Waals surface area contributed by atoms with Gasteiger partial charge in [-0.25, -0.2) is 4.79 Å². The summed E-state index contributed by atoms with van der Waals surface area (Å²) in [5.74, 6) is -1.55. The molecular weight excluding hydrogens is 288 g/mol. The number of carboxylic acid groups (broad SMARTS) is 1. The Labute approximate surface area is 128 Å². The molecular formula is C15H22N2O3S. The van der Waals surface area contributed by atoms with E-state index in [1.807, 2.05) is 6.92 Å². The Morgan fingerprint density at radius 2 is 2.10 bits per heavy atom. The van der Waals surface area contributed by atoms with Crippen molar-refractivity contribution in [3.8, 4) is 0 Å². The van der Waals surface area contributed by atoms with E-state index in [9.17, 15) is 14.7 Å². The van der Waals surface area contributed by atoms with Gasteiger partial charge in [-0.15, -0.1) is 0 Å². The van der Waals surface area contributed by atoms with E-state index in [2.05, 4.69) is 11.2 Å². The minimum atomic E-state index is -0.892. The predicted molar refractivity (Wildman–Crippen MR) is 84.1 cm³/mol. The third-order valence-electron chi connectivity index (χ3n) is 4.63. The minimum Gasteiger partial charge on any atom is -0.481 e.